The first kappa shape index (κ1) is 20.6. The van der Waals surface area contributed by atoms with E-state index in [0.717, 1.165) is 22.3 Å². The highest BCUT2D eigenvalue weighted by molar-refractivity contribution is 6.03. The van der Waals surface area contributed by atoms with Crippen LogP contribution in [-0.2, 0) is 0 Å². The maximum absolute atomic E-state index is 6.39. The quantitative estimate of drug-likeness (QED) is 0.227. The highest BCUT2D eigenvalue weighted by atomic mass is 16.4. The Kier molecular flexibility index (Phi) is 3.99. The van der Waals surface area contributed by atoms with Crippen LogP contribution in [0.5, 0.6) is 0 Å². The van der Waals surface area contributed by atoms with Crippen molar-refractivity contribution >= 4 is 28.1 Å². The summed E-state index contributed by atoms with van der Waals surface area (Å²) in [6.45, 7) is 0. The van der Waals surface area contributed by atoms with Crippen LogP contribution in [0.15, 0.2) is 126 Å². The van der Waals surface area contributed by atoms with Gasteiger partial charge in [-0.25, -0.2) is 4.98 Å². The Hall–Kier alpha value is -5.42. The average Bonchev–Trinajstić information content (AvgIpc) is 3.68. The molecule has 182 valence electrons. The molecule has 0 unspecified atom stereocenters. The van der Waals surface area contributed by atoms with Crippen LogP contribution in [0.4, 0.5) is 0 Å². The van der Waals surface area contributed by atoms with Gasteiger partial charge in [-0.1, -0.05) is 78.9 Å². The number of nitrogens with zero attached hydrogens (tertiary/aromatic N) is 4. The zero-order valence-corrected chi connectivity index (χ0v) is 20.7. The minimum Gasteiger partial charge on any atom is -0.421 e. The van der Waals surface area contributed by atoms with E-state index in [-0.39, 0.29) is 0 Å². The van der Waals surface area contributed by atoms with E-state index >= 15 is 0 Å². The molecule has 4 aromatic carbocycles. The number of para-hydroxylation sites is 1. The highest BCUT2D eigenvalue weighted by Crippen LogP contribution is 2.48. The van der Waals surface area contributed by atoms with E-state index in [2.05, 4.69) is 118 Å². The number of rotatable bonds is 1. The fourth-order valence-electron chi connectivity index (χ4n) is 6.16. The largest absolute Gasteiger partial charge is 0.421 e. The monoisotopic (exact) mass is 500 g/mol. The first-order valence-corrected chi connectivity index (χ1v) is 13.0. The molecule has 0 amide bonds. The van der Waals surface area contributed by atoms with Crippen LogP contribution in [0.2, 0.25) is 0 Å². The van der Waals surface area contributed by atoms with Gasteiger partial charge in [0, 0.05) is 29.7 Å². The van der Waals surface area contributed by atoms with E-state index in [9.17, 15) is 0 Å². The van der Waals surface area contributed by atoms with E-state index in [1.165, 1.54) is 44.5 Å². The molecule has 0 bridgehead atoms. The van der Waals surface area contributed by atoms with Crippen molar-refractivity contribution in [3.8, 4) is 50.2 Å². The number of imidazole rings is 1. The summed E-state index contributed by atoms with van der Waals surface area (Å²) in [6, 6.07) is 36.3. The predicted octanol–water partition coefficient (Wildman–Crippen LogP) is 8.40. The van der Waals surface area contributed by atoms with Gasteiger partial charge in [-0.3, -0.25) is 4.40 Å². The zero-order valence-electron chi connectivity index (χ0n) is 20.7. The lowest BCUT2D eigenvalue weighted by Crippen LogP contribution is -1.94. The molecule has 39 heavy (non-hydrogen) atoms. The maximum atomic E-state index is 6.39. The first-order chi connectivity index (χ1) is 19.3. The lowest BCUT2D eigenvalue weighted by Gasteiger charge is -2.20. The maximum Gasteiger partial charge on any atom is 0.309 e. The van der Waals surface area contributed by atoms with Crippen LogP contribution >= 0.6 is 0 Å². The Balaban J connectivity index is 1.35. The number of pyridine rings is 1. The Bertz CT molecular complexity index is 2160. The predicted molar refractivity (Wildman–Crippen MR) is 155 cm³/mol. The van der Waals surface area contributed by atoms with Crippen molar-refractivity contribution in [2.24, 2.45) is 0 Å². The fraction of sp³-hybridized carbons (Fsp3) is 0. The molecule has 8 aromatic rings. The van der Waals surface area contributed by atoms with Gasteiger partial charge in [-0.05, 0) is 57.6 Å². The number of hydrogen-bond donors (Lipinski definition) is 0. The van der Waals surface area contributed by atoms with Crippen molar-refractivity contribution in [1.29, 1.82) is 0 Å². The van der Waals surface area contributed by atoms with Gasteiger partial charge < -0.3 is 8.98 Å². The number of aromatic nitrogens is 4. The summed E-state index contributed by atoms with van der Waals surface area (Å²) in [7, 11) is 0. The van der Waals surface area contributed by atoms with Crippen LogP contribution in [0.3, 0.4) is 0 Å². The third-order valence-electron chi connectivity index (χ3n) is 7.85. The number of hydrogen-bond acceptors (Lipinski definition) is 3. The second kappa shape index (κ2) is 7.55. The van der Waals surface area contributed by atoms with Crippen LogP contribution in [0, 0.1) is 0 Å². The van der Waals surface area contributed by atoms with Gasteiger partial charge in [0.2, 0.25) is 0 Å². The summed E-state index contributed by atoms with van der Waals surface area (Å²) in [4.78, 5) is 9.04. The van der Waals surface area contributed by atoms with Crippen LogP contribution in [-0.4, -0.2) is 18.9 Å². The Labute approximate surface area is 223 Å². The number of oxazole rings is 1. The van der Waals surface area contributed by atoms with Crippen molar-refractivity contribution in [2.45, 2.75) is 0 Å². The third kappa shape index (κ3) is 2.79. The smallest absolute Gasteiger partial charge is 0.309 e. The highest BCUT2D eigenvalue weighted by Gasteiger charge is 2.24. The number of benzene rings is 4. The molecule has 4 aromatic heterocycles. The molecular formula is C34H20N4O. The van der Waals surface area contributed by atoms with Crippen LogP contribution in [0.1, 0.15) is 0 Å². The average molecular weight is 501 g/mol. The van der Waals surface area contributed by atoms with Crippen molar-refractivity contribution in [1.82, 2.24) is 18.9 Å². The molecule has 0 spiro atoms. The Morgan fingerprint density at radius 2 is 1.05 bits per heavy atom. The summed E-state index contributed by atoms with van der Waals surface area (Å²) in [5, 5.41) is 0. The molecule has 1 aliphatic carbocycles. The van der Waals surface area contributed by atoms with E-state index in [1.54, 1.807) is 6.20 Å². The molecular weight excluding hydrogens is 480 g/mol. The molecule has 9 rings (SSSR count). The summed E-state index contributed by atoms with van der Waals surface area (Å²) in [6.07, 6.45) is 6.23. The van der Waals surface area contributed by atoms with E-state index in [0.29, 0.717) is 11.5 Å². The molecule has 0 fully saturated rings. The Morgan fingerprint density at radius 1 is 0.513 bits per heavy atom. The van der Waals surface area contributed by atoms with Gasteiger partial charge >= 0.3 is 5.84 Å². The molecule has 0 atom stereocenters. The molecule has 0 saturated heterocycles. The molecule has 4 heterocycles. The van der Waals surface area contributed by atoms with Gasteiger partial charge in [0.15, 0.2) is 11.2 Å². The summed E-state index contributed by atoms with van der Waals surface area (Å²) in [5.74, 6) is 0.544. The summed E-state index contributed by atoms with van der Waals surface area (Å²) >= 11 is 0. The first-order valence-electron chi connectivity index (χ1n) is 13.0. The van der Waals surface area contributed by atoms with Crippen molar-refractivity contribution < 1.29 is 4.42 Å². The molecule has 0 aliphatic heterocycles. The zero-order chi connectivity index (χ0) is 25.5. The molecule has 0 N–H and O–H groups in total. The van der Waals surface area contributed by atoms with Gasteiger partial charge in [-0.2, -0.15) is 4.98 Å². The number of fused-ring (bicyclic) bond motifs is 13. The summed E-state index contributed by atoms with van der Waals surface area (Å²) < 4.78 is 10.6. The second-order valence-electron chi connectivity index (χ2n) is 9.93. The summed E-state index contributed by atoms with van der Waals surface area (Å²) in [5.41, 5.74) is 14.1. The van der Waals surface area contributed by atoms with E-state index in [4.69, 9.17) is 4.42 Å². The minimum atomic E-state index is 0.544. The van der Waals surface area contributed by atoms with Gasteiger partial charge in [-0.15, -0.1) is 0 Å². The van der Waals surface area contributed by atoms with Crippen LogP contribution in [0.25, 0.3) is 78.3 Å². The molecule has 5 nitrogen and oxygen atoms in total. The SMILES string of the molecule is c1ccc2c(c1)-c1ccccc1-c1cn(-c3cccc4c3oc3nc5ncccc5n34)cc1-c1ccccc1-2. The molecule has 0 saturated carbocycles. The van der Waals surface area contributed by atoms with Crippen molar-refractivity contribution in [2.75, 3.05) is 0 Å². The Morgan fingerprint density at radius 3 is 1.64 bits per heavy atom. The van der Waals surface area contributed by atoms with Gasteiger partial charge in [0.1, 0.15) is 0 Å². The van der Waals surface area contributed by atoms with Crippen molar-refractivity contribution in [3.05, 3.63) is 122 Å². The molecule has 1 aliphatic rings. The third-order valence-corrected chi connectivity index (χ3v) is 7.85. The second-order valence-corrected chi connectivity index (χ2v) is 9.93. The minimum absolute atomic E-state index is 0.544. The molecule has 5 heteroatoms. The van der Waals surface area contributed by atoms with E-state index in [1.807, 2.05) is 16.5 Å². The van der Waals surface area contributed by atoms with Gasteiger partial charge in [0.05, 0.1) is 16.7 Å². The standard InChI is InChI=1S/C34H20N4O/c1-2-10-22-21(9-1)23-11-3-5-13-25(23)27-19-37(20-28(27)26-14-6-4-12-24(22)26)29-15-7-16-30-32(29)39-34-36-33-31(38(30)34)17-8-18-35-33/h1-20H. The normalized spacial score (nSPS) is 12.1. The molecule has 0 radical (unpaired) electrons. The topological polar surface area (TPSA) is 48.3 Å². The van der Waals surface area contributed by atoms with E-state index < -0.39 is 0 Å². The van der Waals surface area contributed by atoms with Crippen LogP contribution < -0.4 is 0 Å². The fourth-order valence-corrected chi connectivity index (χ4v) is 6.16. The van der Waals surface area contributed by atoms with Crippen molar-refractivity contribution in [3.63, 3.8) is 0 Å². The lowest BCUT2D eigenvalue weighted by molar-refractivity contribution is 0.640. The lowest BCUT2D eigenvalue weighted by atomic mass is 9.82. The van der Waals surface area contributed by atoms with Gasteiger partial charge in [0.25, 0.3) is 0 Å².